The zero-order chi connectivity index (χ0) is 12.2. The zero-order valence-corrected chi connectivity index (χ0v) is 9.67. The van der Waals surface area contributed by atoms with Crippen molar-refractivity contribution in [3.05, 3.63) is 72.2 Å². The van der Waals surface area contributed by atoms with Gasteiger partial charge in [-0.15, -0.1) is 0 Å². The van der Waals surface area contributed by atoms with Crippen molar-refractivity contribution >= 4 is 10.9 Å². The van der Waals surface area contributed by atoms with E-state index in [-0.39, 0.29) is 0 Å². The average Bonchev–Trinajstić information content (AvgIpc) is 2.46. The largest absolute Gasteiger partial charge is 0.244 e. The summed E-state index contributed by atoms with van der Waals surface area (Å²) in [6, 6.07) is 15.9. The van der Waals surface area contributed by atoms with Gasteiger partial charge in [-0.1, -0.05) is 36.1 Å². The van der Waals surface area contributed by atoms with E-state index in [9.17, 15) is 0 Å². The highest BCUT2D eigenvalue weighted by molar-refractivity contribution is 5.84. The van der Waals surface area contributed by atoms with Crippen LogP contribution in [0.2, 0.25) is 0 Å². The molecule has 0 saturated carbocycles. The van der Waals surface area contributed by atoms with E-state index in [0.29, 0.717) is 0 Å². The molecule has 0 aliphatic carbocycles. The lowest BCUT2D eigenvalue weighted by Crippen LogP contribution is -1.84. The lowest BCUT2D eigenvalue weighted by molar-refractivity contribution is 1.22. The molecule has 3 aromatic rings. The van der Waals surface area contributed by atoms with Crippen LogP contribution in [0.25, 0.3) is 10.9 Å². The first-order chi connectivity index (χ1) is 8.93. The van der Waals surface area contributed by atoms with E-state index in [1.807, 2.05) is 48.5 Å². The fraction of sp³-hybridized carbons (Fsp3) is 0. The quantitative estimate of drug-likeness (QED) is 0.555. The van der Waals surface area contributed by atoms with Crippen LogP contribution in [-0.4, -0.2) is 9.97 Å². The molecule has 0 spiro atoms. The first kappa shape index (κ1) is 10.5. The average molecular weight is 230 g/mol. The van der Waals surface area contributed by atoms with Gasteiger partial charge in [-0.2, -0.15) is 0 Å². The van der Waals surface area contributed by atoms with E-state index < -0.39 is 0 Å². The van der Waals surface area contributed by atoms with Crippen LogP contribution in [0.15, 0.2) is 61.1 Å². The lowest BCUT2D eigenvalue weighted by Gasteiger charge is -1.97. The molecule has 2 aromatic carbocycles. The van der Waals surface area contributed by atoms with Gasteiger partial charge >= 0.3 is 0 Å². The fourth-order valence-corrected chi connectivity index (χ4v) is 1.77. The minimum Gasteiger partial charge on any atom is -0.244 e. The molecule has 84 valence electrons. The molecule has 1 heterocycles. The molecular weight excluding hydrogens is 220 g/mol. The topological polar surface area (TPSA) is 25.8 Å². The van der Waals surface area contributed by atoms with E-state index in [1.165, 1.54) is 0 Å². The maximum atomic E-state index is 4.22. The predicted octanol–water partition coefficient (Wildman–Crippen LogP) is 3.03. The second kappa shape index (κ2) is 4.68. The number of hydrogen-bond acceptors (Lipinski definition) is 2. The number of fused-ring (bicyclic) bond motifs is 1. The van der Waals surface area contributed by atoms with Crippen molar-refractivity contribution in [1.29, 1.82) is 0 Å². The van der Waals surface area contributed by atoms with Crippen molar-refractivity contribution in [3.63, 3.8) is 0 Å². The Morgan fingerprint density at radius 1 is 0.833 bits per heavy atom. The van der Waals surface area contributed by atoms with Gasteiger partial charge in [-0.05, 0) is 24.3 Å². The van der Waals surface area contributed by atoms with Gasteiger partial charge in [0, 0.05) is 22.7 Å². The molecule has 2 heteroatoms. The van der Waals surface area contributed by atoms with Gasteiger partial charge in [-0.3, -0.25) is 0 Å². The second-order valence-corrected chi connectivity index (χ2v) is 3.88. The van der Waals surface area contributed by atoms with Gasteiger partial charge < -0.3 is 0 Å². The van der Waals surface area contributed by atoms with Gasteiger partial charge in [0.2, 0.25) is 0 Å². The molecule has 0 unspecified atom stereocenters. The number of hydrogen-bond donors (Lipinski definition) is 0. The molecule has 0 N–H and O–H groups in total. The first-order valence-corrected chi connectivity index (χ1v) is 5.69. The van der Waals surface area contributed by atoms with Gasteiger partial charge in [0.15, 0.2) is 0 Å². The molecule has 0 aliphatic heterocycles. The van der Waals surface area contributed by atoms with Crippen LogP contribution in [0.4, 0.5) is 0 Å². The minimum atomic E-state index is 0.921. The van der Waals surface area contributed by atoms with E-state index in [0.717, 1.165) is 22.0 Å². The number of benzene rings is 2. The maximum Gasteiger partial charge on any atom is 0.116 e. The Labute approximate surface area is 105 Å². The lowest BCUT2D eigenvalue weighted by atomic mass is 10.1. The molecule has 18 heavy (non-hydrogen) atoms. The summed E-state index contributed by atoms with van der Waals surface area (Å²) in [5.41, 5.74) is 2.88. The molecule has 0 saturated heterocycles. The van der Waals surface area contributed by atoms with Crippen LogP contribution in [0.1, 0.15) is 11.1 Å². The van der Waals surface area contributed by atoms with E-state index in [1.54, 1.807) is 12.5 Å². The molecule has 0 radical (unpaired) electrons. The van der Waals surface area contributed by atoms with Gasteiger partial charge in [0.05, 0.1) is 5.52 Å². The van der Waals surface area contributed by atoms with Gasteiger partial charge in [0.25, 0.3) is 0 Å². The Kier molecular flexibility index (Phi) is 2.73. The molecule has 0 bridgehead atoms. The van der Waals surface area contributed by atoms with Crippen LogP contribution in [-0.2, 0) is 0 Å². The summed E-state index contributed by atoms with van der Waals surface area (Å²) in [6.07, 6.45) is 3.36. The minimum absolute atomic E-state index is 0.921. The van der Waals surface area contributed by atoms with Crippen LogP contribution < -0.4 is 0 Å². The number of nitrogens with zero attached hydrogens (tertiary/aromatic N) is 2. The normalized spacial score (nSPS) is 9.78. The summed E-state index contributed by atoms with van der Waals surface area (Å²) in [5.74, 6) is 6.32. The third-order valence-corrected chi connectivity index (χ3v) is 2.67. The molecule has 1 aromatic heterocycles. The summed E-state index contributed by atoms with van der Waals surface area (Å²) < 4.78 is 0. The smallest absolute Gasteiger partial charge is 0.116 e. The SMILES string of the molecule is C(#Cc1cccc2ncncc12)c1ccccc1. The predicted molar refractivity (Wildman–Crippen MR) is 72.0 cm³/mol. The highest BCUT2D eigenvalue weighted by atomic mass is 14.8. The van der Waals surface area contributed by atoms with E-state index in [2.05, 4.69) is 21.8 Å². The monoisotopic (exact) mass is 230 g/mol. The Morgan fingerprint density at radius 3 is 2.61 bits per heavy atom. The molecule has 0 amide bonds. The van der Waals surface area contributed by atoms with Crippen LogP contribution in [0, 0.1) is 11.8 Å². The first-order valence-electron chi connectivity index (χ1n) is 5.69. The Hall–Kier alpha value is -2.66. The summed E-state index contributed by atoms with van der Waals surface area (Å²) in [5, 5.41) is 0.989. The molecule has 0 fully saturated rings. The van der Waals surface area contributed by atoms with Crippen molar-refractivity contribution in [3.8, 4) is 11.8 Å². The van der Waals surface area contributed by atoms with Crippen molar-refractivity contribution in [1.82, 2.24) is 9.97 Å². The standard InChI is InChI=1S/C16H10N2/c1-2-5-13(6-3-1)9-10-14-7-4-8-16-15(14)11-17-12-18-16/h1-8,11-12H. The van der Waals surface area contributed by atoms with E-state index >= 15 is 0 Å². The second-order valence-electron chi connectivity index (χ2n) is 3.88. The Balaban J connectivity index is 2.09. The Morgan fingerprint density at radius 2 is 1.72 bits per heavy atom. The van der Waals surface area contributed by atoms with Gasteiger partial charge in [-0.25, -0.2) is 9.97 Å². The molecular formula is C16H10N2. The maximum absolute atomic E-state index is 4.22. The van der Waals surface area contributed by atoms with Gasteiger partial charge in [0.1, 0.15) is 6.33 Å². The summed E-state index contributed by atoms with van der Waals surface area (Å²) in [4.78, 5) is 8.27. The highest BCUT2D eigenvalue weighted by Crippen LogP contribution is 2.14. The third-order valence-electron chi connectivity index (χ3n) is 2.67. The molecule has 2 nitrogen and oxygen atoms in total. The summed E-state index contributed by atoms with van der Waals surface area (Å²) in [6.45, 7) is 0. The fourth-order valence-electron chi connectivity index (χ4n) is 1.77. The summed E-state index contributed by atoms with van der Waals surface area (Å²) >= 11 is 0. The third kappa shape index (κ3) is 2.07. The number of rotatable bonds is 0. The van der Waals surface area contributed by atoms with Crippen LogP contribution >= 0.6 is 0 Å². The molecule has 0 aliphatic rings. The van der Waals surface area contributed by atoms with Crippen LogP contribution in [0.5, 0.6) is 0 Å². The molecule has 3 rings (SSSR count). The van der Waals surface area contributed by atoms with Crippen LogP contribution in [0.3, 0.4) is 0 Å². The van der Waals surface area contributed by atoms with Crippen molar-refractivity contribution in [2.75, 3.05) is 0 Å². The molecule has 0 atom stereocenters. The zero-order valence-electron chi connectivity index (χ0n) is 9.67. The number of aromatic nitrogens is 2. The van der Waals surface area contributed by atoms with Crippen molar-refractivity contribution < 1.29 is 0 Å². The highest BCUT2D eigenvalue weighted by Gasteiger charge is 1.97. The van der Waals surface area contributed by atoms with E-state index in [4.69, 9.17) is 0 Å². The summed E-state index contributed by atoms with van der Waals surface area (Å²) in [7, 11) is 0. The Bertz CT molecular complexity index is 732. The van der Waals surface area contributed by atoms with Crippen molar-refractivity contribution in [2.45, 2.75) is 0 Å². The van der Waals surface area contributed by atoms with Crippen molar-refractivity contribution in [2.24, 2.45) is 0 Å².